The summed E-state index contributed by atoms with van der Waals surface area (Å²) in [5.41, 5.74) is 2.74. The van der Waals surface area contributed by atoms with Crippen LogP contribution in [0.4, 0.5) is 5.69 Å². The van der Waals surface area contributed by atoms with Gasteiger partial charge in [-0.1, -0.05) is 18.2 Å². The maximum atomic E-state index is 8.98. The maximum Gasteiger partial charge on any atom is 0.195 e. The summed E-state index contributed by atoms with van der Waals surface area (Å²) in [5.74, 6) is 1.63. The summed E-state index contributed by atoms with van der Waals surface area (Å²) in [5, 5.41) is 17.6. The highest BCUT2D eigenvalue weighted by atomic mass is 35.5. The SMILES string of the molecule is Cl.N#Cc1ccc2cc(COc3ccc(NC4=NCCN4)cc3)ccc2c1. The number of nitrogens with zero attached hydrogens (tertiary/aromatic N) is 2. The van der Waals surface area contributed by atoms with Crippen molar-refractivity contribution in [1.82, 2.24) is 5.32 Å². The van der Waals surface area contributed by atoms with Gasteiger partial charge in [-0.2, -0.15) is 5.26 Å². The number of fused-ring (bicyclic) bond motifs is 1. The van der Waals surface area contributed by atoms with E-state index in [1.54, 1.807) is 0 Å². The molecule has 0 bridgehead atoms. The maximum absolute atomic E-state index is 8.98. The van der Waals surface area contributed by atoms with Crippen molar-refractivity contribution in [1.29, 1.82) is 5.26 Å². The van der Waals surface area contributed by atoms with E-state index in [1.165, 1.54) is 0 Å². The number of nitriles is 1. The Morgan fingerprint density at radius 3 is 2.56 bits per heavy atom. The van der Waals surface area contributed by atoms with Gasteiger partial charge in [0.25, 0.3) is 0 Å². The third-order valence-corrected chi connectivity index (χ3v) is 4.23. The molecule has 2 N–H and O–H groups in total. The number of benzene rings is 3. The van der Waals surface area contributed by atoms with Crippen molar-refractivity contribution in [2.24, 2.45) is 4.99 Å². The first-order valence-corrected chi connectivity index (χ1v) is 8.51. The zero-order valence-corrected chi connectivity index (χ0v) is 15.4. The fourth-order valence-electron chi connectivity index (χ4n) is 2.87. The molecule has 136 valence electrons. The predicted octanol–water partition coefficient (Wildman–Crippen LogP) is 4.08. The van der Waals surface area contributed by atoms with E-state index >= 15 is 0 Å². The molecular formula is C21H19ClN4O. The predicted molar refractivity (Wildman–Crippen MR) is 111 cm³/mol. The van der Waals surface area contributed by atoms with Crippen LogP contribution < -0.4 is 15.4 Å². The Labute approximate surface area is 164 Å². The first kappa shape index (κ1) is 18.6. The fourth-order valence-corrected chi connectivity index (χ4v) is 2.87. The molecule has 0 spiro atoms. The summed E-state index contributed by atoms with van der Waals surface area (Å²) in [6.07, 6.45) is 0. The third-order valence-electron chi connectivity index (χ3n) is 4.23. The molecular weight excluding hydrogens is 360 g/mol. The van der Waals surface area contributed by atoms with Gasteiger partial charge < -0.3 is 15.4 Å². The monoisotopic (exact) mass is 378 g/mol. The van der Waals surface area contributed by atoms with Crippen LogP contribution >= 0.6 is 12.4 Å². The van der Waals surface area contributed by atoms with Gasteiger partial charge in [-0.05, 0) is 58.8 Å². The zero-order chi connectivity index (χ0) is 17.8. The normalized spacial score (nSPS) is 12.5. The molecule has 3 aromatic rings. The molecule has 0 saturated carbocycles. The Bertz CT molecular complexity index is 1010. The molecule has 1 aliphatic rings. The lowest BCUT2D eigenvalue weighted by atomic mass is 10.1. The molecule has 0 radical (unpaired) electrons. The van der Waals surface area contributed by atoms with Crippen LogP contribution in [0, 0.1) is 11.3 Å². The van der Waals surface area contributed by atoms with Gasteiger partial charge in [-0.25, -0.2) is 0 Å². The average molecular weight is 379 g/mol. The Morgan fingerprint density at radius 1 is 1.04 bits per heavy atom. The second kappa shape index (κ2) is 8.43. The molecule has 1 aliphatic heterocycles. The number of rotatable bonds is 4. The first-order valence-electron chi connectivity index (χ1n) is 8.51. The second-order valence-electron chi connectivity index (χ2n) is 6.10. The highest BCUT2D eigenvalue weighted by molar-refractivity contribution is 5.94. The summed E-state index contributed by atoms with van der Waals surface area (Å²) in [7, 11) is 0. The molecule has 4 rings (SSSR count). The Morgan fingerprint density at radius 2 is 1.81 bits per heavy atom. The van der Waals surface area contributed by atoms with E-state index in [1.807, 2.05) is 54.6 Å². The van der Waals surface area contributed by atoms with Crippen LogP contribution in [-0.4, -0.2) is 19.0 Å². The lowest BCUT2D eigenvalue weighted by Crippen LogP contribution is -2.26. The van der Waals surface area contributed by atoms with Gasteiger partial charge in [-0.15, -0.1) is 12.4 Å². The van der Waals surface area contributed by atoms with E-state index in [0.717, 1.165) is 46.8 Å². The standard InChI is InChI=1S/C21H18N4O.ClH/c22-13-15-1-3-18-12-16(2-4-17(18)11-15)14-26-20-7-5-19(6-8-20)25-21-23-9-10-24-21;/h1-8,11-12H,9-10,14H2,(H2,23,24,25);1H. The molecule has 0 aromatic heterocycles. The van der Waals surface area contributed by atoms with Crippen molar-refractivity contribution in [3.8, 4) is 11.8 Å². The van der Waals surface area contributed by atoms with Crippen molar-refractivity contribution in [2.75, 3.05) is 18.4 Å². The molecule has 0 unspecified atom stereocenters. The number of guanidine groups is 1. The highest BCUT2D eigenvalue weighted by Crippen LogP contribution is 2.20. The van der Waals surface area contributed by atoms with Crippen LogP contribution in [0.1, 0.15) is 11.1 Å². The van der Waals surface area contributed by atoms with Gasteiger partial charge in [0.1, 0.15) is 12.4 Å². The van der Waals surface area contributed by atoms with Gasteiger partial charge in [-0.3, -0.25) is 4.99 Å². The summed E-state index contributed by atoms with van der Waals surface area (Å²) >= 11 is 0. The first-order chi connectivity index (χ1) is 12.8. The molecule has 0 atom stereocenters. The van der Waals surface area contributed by atoms with Crippen molar-refractivity contribution >= 4 is 34.8 Å². The number of hydrogen-bond acceptors (Lipinski definition) is 5. The van der Waals surface area contributed by atoms with Gasteiger partial charge >= 0.3 is 0 Å². The lowest BCUT2D eigenvalue weighted by Gasteiger charge is -2.10. The minimum absolute atomic E-state index is 0. The van der Waals surface area contributed by atoms with Crippen molar-refractivity contribution < 1.29 is 4.74 Å². The quantitative estimate of drug-likeness (QED) is 0.717. The number of ether oxygens (including phenoxy) is 1. The molecule has 6 heteroatoms. The van der Waals surface area contributed by atoms with Gasteiger partial charge in [0.2, 0.25) is 0 Å². The summed E-state index contributed by atoms with van der Waals surface area (Å²) < 4.78 is 5.88. The van der Waals surface area contributed by atoms with Crippen molar-refractivity contribution in [2.45, 2.75) is 6.61 Å². The topological polar surface area (TPSA) is 69.4 Å². The molecule has 1 heterocycles. The zero-order valence-electron chi connectivity index (χ0n) is 14.6. The summed E-state index contributed by atoms with van der Waals surface area (Å²) in [4.78, 5) is 4.31. The van der Waals surface area contributed by atoms with E-state index in [9.17, 15) is 0 Å². The minimum Gasteiger partial charge on any atom is -0.489 e. The minimum atomic E-state index is 0. The third kappa shape index (κ3) is 4.49. The molecule has 5 nitrogen and oxygen atoms in total. The molecule has 0 saturated heterocycles. The van der Waals surface area contributed by atoms with E-state index in [2.05, 4.69) is 27.8 Å². The van der Waals surface area contributed by atoms with Gasteiger partial charge in [0.15, 0.2) is 5.96 Å². The van der Waals surface area contributed by atoms with E-state index in [4.69, 9.17) is 10.00 Å². The van der Waals surface area contributed by atoms with E-state index < -0.39 is 0 Å². The van der Waals surface area contributed by atoms with E-state index in [0.29, 0.717) is 12.2 Å². The lowest BCUT2D eigenvalue weighted by molar-refractivity contribution is 0.306. The van der Waals surface area contributed by atoms with Crippen LogP contribution in [0.3, 0.4) is 0 Å². The van der Waals surface area contributed by atoms with Crippen molar-refractivity contribution in [3.63, 3.8) is 0 Å². The number of aliphatic imine (C=N–C) groups is 1. The highest BCUT2D eigenvalue weighted by Gasteiger charge is 2.05. The van der Waals surface area contributed by atoms with Gasteiger partial charge in [0, 0.05) is 12.2 Å². The molecule has 27 heavy (non-hydrogen) atoms. The smallest absolute Gasteiger partial charge is 0.195 e. The summed E-state index contributed by atoms with van der Waals surface area (Å²) in [6.45, 7) is 2.19. The average Bonchev–Trinajstić information content (AvgIpc) is 3.20. The fraction of sp³-hybridized carbons (Fsp3) is 0.143. The largest absolute Gasteiger partial charge is 0.489 e. The van der Waals surface area contributed by atoms with Crippen LogP contribution in [0.2, 0.25) is 0 Å². The number of halogens is 1. The van der Waals surface area contributed by atoms with Gasteiger partial charge in [0.05, 0.1) is 18.2 Å². The van der Waals surface area contributed by atoms with Crippen LogP contribution in [0.15, 0.2) is 65.7 Å². The van der Waals surface area contributed by atoms with Crippen LogP contribution in [0.5, 0.6) is 5.75 Å². The number of anilines is 1. The van der Waals surface area contributed by atoms with Crippen LogP contribution in [-0.2, 0) is 6.61 Å². The Hall–Kier alpha value is -3.23. The van der Waals surface area contributed by atoms with Crippen LogP contribution in [0.25, 0.3) is 10.8 Å². The number of hydrogen-bond donors (Lipinski definition) is 2. The van der Waals surface area contributed by atoms with E-state index in [-0.39, 0.29) is 12.4 Å². The molecule has 0 fully saturated rings. The summed E-state index contributed by atoms with van der Waals surface area (Å²) in [6, 6.07) is 21.9. The molecule has 0 amide bonds. The van der Waals surface area contributed by atoms with Crippen molar-refractivity contribution in [3.05, 3.63) is 71.8 Å². The molecule has 0 aliphatic carbocycles. The number of nitrogens with one attached hydrogen (secondary N) is 2. The molecule has 3 aromatic carbocycles. The second-order valence-corrected chi connectivity index (χ2v) is 6.10. The Kier molecular flexibility index (Phi) is 5.80. The Balaban J connectivity index is 0.00000210.